The average Bonchev–Trinajstić information content (AvgIpc) is 2.37. The quantitative estimate of drug-likeness (QED) is 0.741. The second kappa shape index (κ2) is 6.52. The van der Waals surface area contributed by atoms with Gasteiger partial charge in [-0.15, -0.1) is 0 Å². The Morgan fingerprint density at radius 3 is 2.41 bits per heavy atom. The maximum Gasteiger partial charge on any atom is 0.192 e. The van der Waals surface area contributed by atoms with Crippen LogP contribution in [0.4, 0.5) is 0 Å². The lowest BCUT2D eigenvalue weighted by molar-refractivity contribution is 0.0750. The largest absolute Gasteiger partial charge is 0.384 e. The standard InChI is InChI=1S/C14H21NO2/c1-4-10(2)11-5-7-12(8-6-11)14(17)13(16)9-15-3/h5-8,10,13,15-16H,4,9H2,1-3H3. The third kappa shape index (κ3) is 3.65. The summed E-state index contributed by atoms with van der Waals surface area (Å²) in [7, 11) is 1.71. The molecular weight excluding hydrogens is 214 g/mol. The predicted molar refractivity (Wildman–Crippen MR) is 69.4 cm³/mol. The summed E-state index contributed by atoms with van der Waals surface area (Å²) in [6, 6.07) is 7.52. The lowest BCUT2D eigenvalue weighted by Crippen LogP contribution is -2.31. The Hall–Kier alpha value is -1.19. The van der Waals surface area contributed by atoms with Crippen LogP contribution >= 0.6 is 0 Å². The Labute approximate surface area is 103 Å². The van der Waals surface area contributed by atoms with Crippen LogP contribution in [-0.2, 0) is 0 Å². The lowest BCUT2D eigenvalue weighted by Gasteiger charge is -2.11. The van der Waals surface area contributed by atoms with Gasteiger partial charge in [-0.25, -0.2) is 0 Å². The number of aliphatic hydroxyl groups excluding tert-OH is 1. The van der Waals surface area contributed by atoms with Crippen LogP contribution in [0.3, 0.4) is 0 Å². The van der Waals surface area contributed by atoms with Crippen molar-refractivity contribution < 1.29 is 9.90 Å². The summed E-state index contributed by atoms with van der Waals surface area (Å²) >= 11 is 0. The number of carbonyl (C=O) groups excluding carboxylic acids is 1. The van der Waals surface area contributed by atoms with Gasteiger partial charge >= 0.3 is 0 Å². The van der Waals surface area contributed by atoms with Crippen molar-refractivity contribution in [2.75, 3.05) is 13.6 Å². The Kier molecular flexibility index (Phi) is 5.32. The van der Waals surface area contributed by atoms with Crippen LogP contribution in [0.1, 0.15) is 42.1 Å². The third-order valence-corrected chi connectivity index (χ3v) is 3.08. The molecule has 0 amide bonds. The molecule has 1 aromatic rings. The van der Waals surface area contributed by atoms with E-state index in [-0.39, 0.29) is 12.3 Å². The van der Waals surface area contributed by atoms with Crippen LogP contribution in [0.15, 0.2) is 24.3 Å². The van der Waals surface area contributed by atoms with Crippen molar-refractivity contribution in [3.05, 3.63) is 35.4 Å². The number of hydrogen-bond donors (Lipinski definition) is 2. The van der Waals surface area contributed by atoms with Crippen LogP contribution in [0, 0.1) is 0 Å². The molecule has 0 fully saturated rings. The molecule has 2 N–H and O–H groups in total. The number of aliphatic hydroxyl groups is 1. The first kappa shape index (κ1) is 13.9. The second-order valence-corrected chi connectivity index (χ2v) is 4.37. The van der Waals surface area contributed by atoms with Crippen LogP contribution in [0.25, 0.3) is 0 Å². The van der Waals surface area contributed by atoms with Crippen LogP contribution in [0.5, 0.6) is 0 Å². The SMILES string of the molecule is CCC(C)c1ccc(C(=O)C(O)CNC)cc1. The summed E-state index contributed by atoms with van der Waals surface area (Å²) in [6.45, 7) is 4.58. The molecule has 0 spiro atoms. The zero-order chi connectivity index (χ0) is 12.8. The van der Waals surface area contributed by atoms with Crippen molar-refractivity contribution in [1.29, 1.82) is 0 Å². The Bertz CT molecular complexity index is 359. The van der Waals surface area contributed by atoms with Crippen LogP contribution in [-0.4, -0.2) is 30.6 Å². The summed E-state index contributed by atoms with van der Waals surface area (Å²) in [5.74, 6) is 0.274. The zero-order valence-electron chi connectivity index (χ0n) is 10.7. The molecule has 2 unspecified atom stereocenters. The van der Waals surface area contributed by atoms with Gasteiger partial charge in [-0.1, -0.05) is 38.1 Å². The van der Waals surface area contributed by atoms with Gasteiger partial charge in [-0.2, -0.15) is 0 Å². The summed E-state index contributed by atoms with van der Waals surface area (Å²) in [4.78, 5) is 11.8. The van der Waals surface area contributed by atoms with E-state index < -0.39 is 6.10 Å². The first-order chi connectivity index (χ1) is 8.10. The number of rotatable bonds is 6. The predicted octanol–water partition coefficient (Wildman–Crippen LogP) is 1.96. The molecule has 17 heavy (non-hydrogen) atoms. The van der Waals surface area contributed by atoms with E-state index in [1.54, 1.807) is 19.2 Å². The minimum atomic E-state index is -0.963. The van der Waals surface area contributed by atoms with Gasteiger partial charge in [0.1, 0.15) is 6.10 Å². The highest BCUT2D eigenvalue weighted by Gasteiger charge is 2.16. The number of benzene rings is 1. The molecule has 0 aliphatic heterocycles. The summed E-state index contributed by atoms with van der Waals surface area (Å²) < 4.78 is 0. The second-order valence-electron chi connectivity index (χ2n) is 4.37. The molecule has 3 nitrogen and oxygen atoms in total. The first-order valence-corrected chi connectivity index (χ1v) is 6.07. The molecule has 0 aliphatic rings. The van der Waals surface area contributed by atoms with Crippen molar-refractivity contribution in [2.45, 2.75) is 32.3 Å². The molecule has 0 aliphatic carbocycles. The van der Waals surface area contributed by atoms with Gasteiger partial charge in [0.05, 0.1) is 0 Å². The van der Waals surface area contributed by atoms with Crippen molar-refractivity contribution >= 4 is 5.78 Å². The van der Waals surface area contributed by atoms with E-state index >= 15 is 0 Å². The van der Waals surface area contributed by atoms with Crippen molar-refractivity contribution in [3.8, 4) is 0 Å². The lowest BCUT2D eigenvalue weighted by atomic mass is 9.96. The highest BCUT2D eigenvalue weighted by molar-refractivity contribution is 5.99. The third-order valence-electron chi connectivity index (χ3n) is 3.08. The number of likely N-dealkylation sites (N-methyl/N-ethyl adjacent to an activating group) is 1. The van der Waals surface area contributed by atoms with Gasteiger partial charge in [0.2, 0.25) is 0 Å². The van der Waals surface area contributed by atoms with Gasteiger partial charge in [0, 0.05) is 12.1 Å². The molecule has 0 saturated carbocycles. The molecule has 0 bridgehead atoms. The Morgan fingerprint density at radius 2 is 1.94 bits per heavy atom. The summed E-state index contributed by atoms with van der Waals surface area (Å²) in [5, 5.41) is 12.4. The first-order valence-electron chi connectivity index (χ1n) is 6.07. The molecule has 0 radical (unpaired) electrons. The van der Waals surface area contributed by atoms with E-state index in [4.69, 9.17) is 0 Å². The van der Waals surface area contributed by atoms with Crippen molar-refractivity contribution in [2.24, 2.45) is 0 Å². The van der Waals surface area contributed by atoms with E-state index in [1.165, 1.54) is 5.56 Å². The fourth-order valence-corrected chi connectivity index (χ4v) is 1.69. The summed E-state index contributed by atoms with van der Waals surface area (Å²) in [5.41, 5.74) is 1.80. The Balaban J connectivity index is 2.77. The topological polar surface area (TPSA) is 49.3 Å². The highest BCUT2D eigenvalue weighted by Crippen LogP contribution is 2.19. The molecule has 0 saturated heterocycles. The smallest absolute Gasteiger partial charge is 0.192 e. The average molecular weight is 235 g/mol. The Morgan fingerprint density at radius 1 is 1.35 bits per heavy atom. The van der Waals surface area contributed by atoms with Crippen molar-refractivity contribution in [1.82, 2.24) is 5.32 Å². The normalized spacial score (nSPS) is 14.4. The summed E-state index contributed by atoms with van der Waals surface area (Å²) in [6.07, 6.45) is 0.116. The van der Waals surface area contributed by atoms with Crippen molar-refractivity contribution in [3.63, 3.8) is 0 Å². The zero-order valence-corrected chi connectivity index (χ0v) is 10.7. The van der Waals surface area contributed by atoms with E-state index in [0.29, 0.717) is 11.5 Å². The van der Waals surface area contributed by atoms with Gasteiger partial charge in [0.25, 0.3) is 0 Å². The van der Waals surface area contributed by atoms with Crippen LogP contribution in [0.2, 0.25) is 0 Å². The molecule has 94 valence electrons. The molecular formula is C14H21NO2. The minimum absolute atomic E-state index is 0.227. The number of nitrogens with one attached hydrogen (secondary N) is 1. The molecule has 1 aromatic carbocycles. The van der Waals surface area contributed by atoms with E-state index in [1.807, 2.05) is 12.1 Å². The maximum absolute atomic E-state index is 11.8. The monoisotopic (exact) mass is 235 g/mol. The molecule has 3 heteroatoms. The maximum atomic E-state index is 11.8. The number of Topliss-reactive ketones (excluding diaryl/α,β-unsaturated/α-hetero) is 1. The van der Waals surface area contributed by atoms with Gasteiger partial charge in [0.15, 0.2) is 5.78 Å². The van der Waals surface area contributed by atoms with E-state index in [9.17, 15) is 9.90 Å². The molecule has 2 atom stereocenters. The number of hydrogen-bond acceptors (Lipinski definition) is 3. The molecule has 1 rings (SSSR count). The fraction of sp³-hybridized carbons (Fsp3) is 0.500. The van der Waals surface area contributed by atoms with Gasteiger partial charge < -0.3 is 10.4 Å². The minimum Gasteiger partial charge on any atom is -0.384 e. The fourth-order valence-electron chi connectivity index (χ4n) is 1.69. The molecule has 0 aromatic heterocycles. The van der Waals surface area contributed by atoms with E-state index in [2.05, 4.69) is 19.2 Å². The molecule has 0 heterocycles. The van der Waals surface area contributed by atoms with E-state index in [0.717, 1.165) is 6.42 Å². The highest BCUT2D eigenvalue weighted by atomic mass is 16.3. The number of carbonyl (C=O) groups is 1. The van der Waals surface area contributed by atoms with Gasteiger partial charge in [-0.05, 0) is 24.9 Å². The number of ketones is 1. The van der Waals surface area contributed by atoms with Crippen LogP contribution < -0.4 is 5.32 Å². The van der Waals surface area contributed by atoms with Gasteiger partial charge in [-0.3, -0.25) is 4.79 Å².